The Kier molecular flexibility index (Phi) is 6.80. The SMILES string of the molecule is C#Cc1c(F)ccc2cc(O)cc(-c3ncc4c(N5C[C@@H]6CC[C@](CC)(C5)N6)nc(OCC56CC(=C)CN5CC(=C)C6)nc4c3F)c12. The molecule has 2 aromatic carbocycles. The largest absolute Gasteiger partial charge is 0.508 e. The maximum absolute atomic E-state index is 16.9. The number of rotatable bonds is 6. The van der Waals surface area contributed by atoms with Crippen LogP contribution in [0.1, 0.15) is 44.6 Å². The van der Waals surface area contributed by atoms with Crippen molar-refractivity contribution in [2.24, 2.45) is 0 Å². The minimum Gasteiger partial charge on any atom is -0.508 e. The fraction of sp³-hybridized carbons (Fsp3) is 0.378. The van der Waals surface area contributed by atoms with E-state index in [1.807, 2.05) is 0 Å². The van der Waals surface area contributed by atoms with Gasteiger partial charge in [-0.15, -0.1) is 6.42 Å². The molecule has 4 aliphatic heterocycles. The molecule has 4 saturated heterocycles. The van der Waals surface area contributed by atoms with Gasteiger partial charge in [-0.05, 0) is 55.7 Å². The standard InChI is InChI=1S/C37H36F2N6O2/c1-5-26-29(38)8-7-23-11-25(46)12-27(30(23)26)32-31(39)33-28(15-40-32)34(44-18-24-9-10-36(6-2,19-44)43-24)42-35(41-33)47-20-37-13-21(3)16-45(37)17-22(4)14-37/h1,7-8,11-12,15,24,43,46H,3-4,6,9-10,13-14,16-20H2,2H3/t24-,36+/m0/s1. The number of terminal acetylenes is 1. The molecule has 47 heavy (non-hydrogen) atoms. The number of ether oxygens (including phenoxy) is 1. The van der Waals surface area contributed by atoms with Crippen molar-refractivity contribution in [2.45, 2.75) is 56.1 Å². The van der Waals surface area contributed by atoms with Crippen molar-refractivity contribution in [3.8, 4) is 35.4 Å². The third-order valence-electron chi connectivity index (χ3n) is 10.6. The van der Waals surface area contributed by atoms with E-state index < -0.39 is 11.6 Å². The number of nitrogens with one attached hydrogen (secondary N) is 1. The normalized spacial score (nSPS) is 23.5. The van der Waals surface area contributed by atoms with Gasteiger partial charge < -0.3 is 20.1 Å². The van der Waals surface area contributed by atoms with E-state index in [2.05, 4.69) is 51.1 Å². The third-order valence-corrected chi connectivity index (χ3v) is 10.6. The summed E-state index contributed by atoms with van der Waals surface area (Å²) < 4.78 is 38.2. The highest BCUT2D eigenvalue weighted by Crippen LogP contribution is 2.44. The van der Waals surface area contributed by atoms with Crippen LogP contribution in [-0.2, 0) is 0 Å². The molecule has 2 aromatic heterocycles. The van der Waals surface area contributed by atoms with Crippen LogP contribution in [-0.4, -0.2) is 74.9 Å². The maximum atomic E-state index is 16.9. The molecule has 0 unspecified atom stereocenters. The molecule has 10 heteroatoms. The zero-order chi connectivity index (χ0) is 32.7. The summed E-state index contributed by atoms with van der Waals surface area (Å²) in [7, 11) is 0. The van der Waals surface area contributed by atoms with Crippen molar-refractivity contribution in [2.75, 3.05) is 37.7 Å². The first-order valence-corrected chi connectivity index (χ1v) is 16.1. The quantitative estimate of drug-likeness (QED) is 0.201. The monoisotopic (exact) mass is 634 g/mol. The molecule has 2 atom stereocenters. The Hall–Kier alpha value is -4.59. The Balaban J connectivity index is 1.28. The van der Waals surface area contributed by atoms with E-state index in [1.54, 1.807) is 6.20 Å². The first-order chi connectivity index (χ1) is 22.6. The van der Waals surface area contributed by atoms with Crippen LogP contribution in [0.25, 0.3) is 32.9 Å². The van der Waals surface area contributed by atoms with Crippen LogP contribution in [0.2, 0.25) is 0 Å². The van der Waals surface area contributed by atoms with Gasteiger partial charge in [-0.2, -0.15) is 9.97 Å². The van der Waals surface area contributed by atoms with Crippen molar-refractivity contribution >= 4 is 27.5 Å². The van der Waals surface area contributed by atoms with Crippen LogP contribution < -0.4 is 15.0 Å². The number of aromatic hydroxyl groups is 1. The molecule has 8 nitrogen and oxygen atoms in total. The molecule has 6 heterocycles. The molecular weight excluding hydrogens is 598 g/mol. The summed E-state index contributed by atoms with van der Waals surface area (Å²) >= 11 is 0. The summed E-state index contributed by atoms with van der Waals surface area (Å²) in [5.74, 6) is 1.47. The van der Waals surface area contributed by atoms with E-state index in [-0.39, 0.29) is 56.6 Å². The van der Waals surface area contributed by atoms with Crippen molar-refractivity contribution in [1.29, 1.82) is 0 Å². The Morgan fingerprint density at radius 2 is 1.96 bits per heavy atom. The number of halogens is 2. The number of pyridine rings is 1. The number of aromatic nitrogens is 3. The van der Waals surface area contributed by atoms with Gasteiger partial charge in [-0.25, -0.2) is 8.78 Å². The number of phenolic OH excluding ortho intramolecular Hbond substituents is 1. The van der Waals surface area contributed by atoms with Gasteiger partial charge in [0.15, 0.2) is 5.82 Å². The average molecular weight is 635 g/mol. The number of piperazine rings is 1. The van der Waals surface area contributed by atoms with Gasteiger partial charge in [0, 0.05) is 54.9 Å². The van der Waals surface area contributed by atoms with E-state index >= 15 is 4.39 Å². The lowest BCUT2D eigenvalue weighted by molar-refractivity contribution is 0.108. The van der Waals surface area contributed by atoms with Crippen LogP contribution in [0.3, 0.4) is 0 Å². The van der Waals surface area contributed by atoms with Gasteiger partial charge >= 0.3 is 6.01 Å². The molecule has 0 saturated carbocycles. The van der Waals surface area contributed by atoms with Crippen molar-refractivity contribution in [3.63, 3.8) is 0 Å². The summed E-state index contributed by atoms with van der Waals surface area (Å²) in [5.41, 5.74) is 2.00. The lowest BCUT2D eigenvalue weighted by Crippen LogP contribution is -2.59. The first-order valence-electron chi connectivity index (χ1n) is 16.1. The molecule has 2 N–H and O–H groups in total. The molecule has 0 spiro atoms. The van der Waals surface area contributed by atoms with Crippen molar-refractivity contribution in [1.82, 2.24) is 25.2 Å². The summed E-state index contributed by atoms with van der Waals surface area (Å²) in [4.78, 5) is 18.7. The van der Waals surface area contributed by atoms with Crippen molar-refractivity contribution < 1.29 is 18.6 Å². The number of hydrogen-bond acceptors (Lipinski definition) is 8. The molecule has 0 radical (unpaired) electrons. The molecule has 4 fully saturated rings. The van der Waals surface area contributed by atoms with Crippen LogP contribution in [0.4, 0.5) is 14.6 Å². The zero-order valence-electron chi connectivity index (χ0n) is 26.4. The average Bonchev–Trinajstić information content (AvgIpc) is 3.64. The first kappa shape index (κ1) is 29.8. The van der Waals surface area contributed by atoms with Crippen LogP contribution in [0, 0.1) is 24.0 Å². The van der Waals surface area contributed by atoms with Crippen molar-refractivity contribution in [3.05, 3.63) is 72.0 Å². The lowest BCUT2D eigenvalue weighted by Gasteiger charge is -2.42. The van der Waals surface area contributed by atoms with Gasteiger partial charge in [0.05, 0.1) is 16.5 Å². The van der Waals surface area contributed by atoms with Crippen LogP contribution >= 0.6 is 0 Å². The van der Waals surface area contributed by atoms with E-state index in [9.17, 15) is 9.50 Å². The molecule has 4 aliphatic rings. The fourth-order valence-electron chi connectivity index (χ4n) is 8.46. The van der Waals surface area contributed by atoms with Gasteiger partial charge in [-0.3, -0.25) is 9.88 Å². The smallest absolute Gasteiger partial charge is 0.319 e. The Morgan fingerprint density at radius 3 is 2.70 bits per heavy atom. The minimum absolute atomic E-state index is 0.0302. The molecule has 240 valence electrons. The summed E-state index contributed by atoms with van der Waals surface area (Å²) in [6.45, 7) is 13.9. The van der Waals surface area contributed by atoms with Crippen LogP contribution in [0.15, 0.2) is 54.8 Å². The Bertz CT molecular complexity index is 2040. The summed E-state index contributed by atoms with van der Waals surface area (Å²) in [6, 6.07) is 5.90. The van der Waals surface area contributed by atoms with Gasteiger partial charge in [0.2, 0.25) is 0 Å². The summed E-state index contributed by atoms with van der Waals surface area (Å²) in [6.07, 6.45) is 11.9. The Morgan fingerprint density at radius 1 is 1.17 bits per heavy atom. The second kappa shape index (κ2) is 10.7. The van der Waals surface area contributed by atoms with E-state index in [0.717, 1.165) is 56.3 Å². The second-order valence-electron chi connectivity index (χ2n) is 13.8. The van der Waals surface area contributed by atoms with E-state index in [1.165, 1.54) is 24.3 Å². The molecule has 4 aromatic rings. The number of fused-ring (bicyclic) bond motifs is 5. The summed E-state index contributed by atoms with van der Waals surface area (Å²) in [5, 5.41) is 15.6. The highest BCUT2D eigenvalue weighted by atomic mass is 19.1. The predicted molar refractivity (Wildman–Crippen MR) is 178 cm³/mol. The Labute approximate surface area is 272 Å². The third kappa shape index (κ3) is 4.75. The highest BCUT2D eigenvalue weighted by molar-refractivity contribution is 6.03. The number of benzene rings is 2. The van der Waals surface area contributed by atoms with E-state index in [0.29, 0.717) is 36.3 Å². The topological polar surface area (TPSA) is 86.6 Å². The highest BCUT2D eigenvalue weighted by Gasteiger charge is 2.48. The lowest BCUT2D eigenvalue weighted by atomic mass is 9.92. The minimum atomic E-state index is -0.735. The second-order valence-corrected chi connectivity index (χ2v) is 13.8. The van der Waals surface area contributed by atoms with E-state index in [4.69, 9.17) is 16.1 Å². The van der Waals surface area contributed by atoms with Gasteiger partial charge in [-0.1, -0.05) is 43.2 Å². The molecule has 2 bridgehead atoms. The number of anilines is 1. The van der Waals surface area contributed by atoms with Crippen LogP contribution in [0.5, 0.6) is 11.8 Å². The molecule has 0 amide bonds. The molecule has 8 rings (SSSR count). The zero-order valence-corrected chi connectivity index (χ0v) is 26.4. The predicted octanol–water partition coefficient (Wildman–Crippen LogP) is 5.87. The maximum Gasteiger partial charge on any atom is 0.319 e. The van der Waals surface area contributed by atoms with Gasteiger partial charge in [0.1, 0.15) is 35.2 Å². The fourth-order valence-corrected chi connectivity index (χ4v) is 8.46. The number of hydrogen-bond donors (Lipinski definition) is 2. The molecule has 0 aliphatic carbocycles. The molecular formula is C37H36F2N6O2. The van der Waals surface area contributed by atoms with Gasteiger partial charge in [0.25, 0.3) is 0 Å². The number of phenols is 1. The number of nitrogens with zero attached hydrogens (tertiary/aromatic N) is 5.